The van der Waals surface area contributed by atoms with Gasteiger partial charge in [0.05, 0.1) is 13.0 Å². The van der Waals surface area contributed by atoms with E-state index in [9.17, 15) is 4.79 Å². The van der Waals surface area contributed by atoms with Gasteiger partial charge in [-0.25, -0.2) is 0 Å². The summed E-state index contributed by atoms with van der Waals surface area (Å²) >= 11 is 0. The zero-order chi connectivity index (χ0) is 13.3. The number of benzene rings is 1. The highest BCUT2D eigenvalue weighted by Gasteiger charge is 2.15. The maximum Gasteiger partial charge on any atom is 0.306 e. The molecular weight excluding hydrogens is 230 g/mol. The van der Waals surface area contributed by atoms with E-state index in [0.717, 1.165) is 22.2 Å². The number of aryl methyl sites for hydroxylation is 1. The average molecular weight is 247 g/mol. The van der Waals surface area contributed by atoms with Gasteiger partial charge in [-0.05, 0) is 30.2 Å². The third kappa shape index (κ3) is 2.18. The summed E-state index contributed by atoms with van der Waals surface area (Å²) < 4.78 is 7.23. The molecule has 0 amide bonds. The summed E-state index contributed by atoms with van der Waals surface area (Å²) in [5, 5.41) is 10.1. The van der Waals surface area contributed by atoms with Gasteiger partial charge in [0.15, 0.2) is 0 Å². The molecule has 0 saturated heterocycles. The fourth-order valence-electron chi connectivity index (χ4n) is 2.16. The molecule has 4 heteroatoms. The van der Waals surface area contributed by atoms with Crippen LogP contribution in [0.25, 0.3) is 10.9 Å². The summed E-state index contributed by atoms with van der Waals surface area (Å²) in [6.45, 7) is 1.72. The normalized spacial score (nSPS) is 12.6. The van der Waals surface area contributed by atoms with Gasteiger partial charge in [0.1, 0.15) is 5.75 Å². The number of nitrogens with zero attached hydrogens (tertiary/aromatic N) is 1. The number of carbonyl (C=O) groups is 1. The van der Waals surface area contributed by atoms with E-state index in [0.29, 0.717) is 6.42 Å². The van der Waals surface area contributed by atoms with E-state index < -0.39 is 5.97 Å². The average Bonchev–Trinajstić information content (AvgIpc) is 2.65. The first-order chi connectivity index (χ1) is 8.52. The van der Waals surface area contributed by atoms with Crippen molar-refractivity contribution in [2.75, 3.05) is 7.11 Å². The molecule has 0 radical (unpaired) electrons. The van der Waals surface area contributed by atoms with Crippen LogP contribution in [0.2, 0.25) is 0 Å². The molecule has 0 saturated carbocycles. The van der Waals surface area contributed by atoms with Crippen molar-refractivity contribution < 1.29 is 14.6 Å². The standard InChI is InChI=1S/C14H17NO3/c1-9(14(16)17)6-10-8-15(2)13-5-4-11(18-3)7-12(10)13/h4-5,7-9H,6H2,1-3H3,(H,16,17). The monoisotopic (exact) mass is 247 g/mol. The third-order valence-electron chi connectivity index (χ3n) is 3.23. The first-order valence-electron chi connectivity index (χ1n) is 5.87. The Morgan fingerprint density at radius 3 is 2.83 bits per heavy atom. The van der Waals surface area contributed by atoms with E-state index >= 15 is 0 Å². The fraction of sp³-hybridized carbons (Fsp3) is 0.357. The van der Waals surface area contributed by atoms with Crippen LogP contribution in [0.5, 0.6) is 5.75 Å². The SMILES string of the molecule is COc1ccc2c(c1)c(CC(C)C(=O)O)cn2C. The van der Waals surface area contributed by atoms with E-state index in [1.807, 2.05) is 36.0 Å². The topological polar surface area (TPSA) is 51.5 Å². The van der Waals surface area contributed by atoms with Crippen LogP contribution in [0.1, 0.15) is 12.5 Å². The molecule has 1 aromatic heterocycles. The predicted octanol–water partition coefficient (Wildman–Crippen LogP) is 2.45. The molecule has 0 aliphatic heterocycles. The molecule has 0 bridgehead atoms. The lowest BCUT2D eigenvalue weighted by Crippen LogP contribution is -2.11. The number of ether oxygens (including phenoxy) is 1. The molecule has 2 aromatic rings. The minimum Gasteiger partial charge on any atom is -0.497 e. The van der Waals surface area contributed by atoms with Gasteiger partial charge in [0.2, 0.25) is 0 Å². The van der Waals surface area contributed by atoms with Gasteiger partial charge in [-0.3, -0.25) is 4.79 Å². The van der Waals surface area contributed by atoms with Crippen molar-refractivity contribution in [2.24, 2.45) is 13.0 Å². The van der Waals surface area contributed by atoms with E-state index in [-0.39, 0.29) is 5.92 Å². The second-order valence-corrected chi connectivity index (χ2v) is 4.59. The first kappa shape index (κ1) is 12.5. The molecule has 1 atom stereocenters. The lowest BCUT2D eigenvalue weighted by Gasteiger charge is -2.05. The Labute approximate surface area is 106 Å². The number of aromatic nitrogens is 1. The van der Waals surface area contributed by atoms with Crippen LogP contribution in [0, 0.1) is 5.92 Å². The number of hydrogen-bond acceptors (Lipinski definition) is 2. The van der Waals surface area contributed by atoms with Crippen LogP contribution in [0.3, 0.4) is 0 Å². The Bertz CT molecular complexity index is 586. The molecule has 4 nitrogen and oxygen atoms in total. The van der Waals surface area contributed by atoms with E-state index in [1.54, 1.807) is 14.0 Å². The smallest absolute Gasteiger partial charge is 0.306 e. The Hall–Kier alpha value is -1.97. The van der Waals surface area contributed by atoms with Gasteiger partial charge in [0, 0.05) is 24.1 Å². The zero-order valence-electron chi connectivity index (χ0n) is 10.8. The highest BCUT2D eigenvalue weighted by Crippen LogP contribution is 2.27. The summed E-state index contributed by atoms with van der Waals surface area (Å²) in [6.07, 6.45) is 2.52. The van der Waals surface area contributed by atoms with Crippen molar-refractivity contribution in [2.45, 2.75) is 13.3 Å². The largest absolute Gasteiger partial charge is 0.497 e. The molecule has 0 aliphatic rings. The number of fused-ring (bicyclic) bond motifs is 1. The maximum absolute atomic E-state index is 10.9. The van der Waals surface area contributed by atoms with Crippen molar-refractivity contribution in [3.8, 4) is 5.75 Å². The summed E-state index contributed by atoms with van der Waals surface area (Å²) in [5.74, 6) is -0.366. The van der Waals surface area contributed by atoms with Gasteiger partial charge < -0.3 is 14.4 Å². The number of carboxylic acids is 1. The Kier molecular flexibility index (Phi) is 3.28. The minimum atomic E-state index is -0.769. The number of methoxy groups -OCH3 is 1. The second kappa shape index (κ2) is 4.72. The molecule has 18 heavy (non-hydrogen) atoms. The highest BCUT2D eigenvalue weighted by molar-refractivity contribution is 5.86. The summed E-state index contributed by atoms with van der Waals surface area (Å²) in [7, 11) is 3.59. The molecule has 96 valence electrons. The van der Waals surface area contributed by atoms with Gasteiger partial charge >= 0.3 is 5.97 Å². The number of rotatable bonds is 4. The molecule has 0 fully saturated rings. The van der Waals surface area contributed by atoms with E-state index in [2.05, 4.69) is 0 Å². The zero-order valence-corrected chi connectivity index (χ0v) is 10.8. The lowest BCUT2D eigenvalue weighted by atomic mass is 10.0. The van der Waals surface area contributed by atoms with Crippen LogP contribution in [-0.4, -0.2) is 22.8 Å². The molecule has 1 unspecified atom stereocenters. The molecule has 1 aromatic carbocycles. The summed E-state index contributed by atoms with van der Waals surface area (Å²) in [6, 6.07) is 5.86. The minimum absolute atomic E-state index is 0.387. The maximum atomic E-state index is 10.9. The van der Waals surface area contributed by atoms with Crippen molar-refractivity contribution >= 4 is 16.9 Å². The summed E-state index contributed by atoms with van der Waals surface area (Å²) in [4.78, 5) is 10.9. The molecule has 0 spiro atoms. The van der Waals surface area contributed by atoms with Gasteiger partial charge in [-0.1, -0.05) is 6.92 Å². The Morgan fingerprint density at radius 1 is 1.50 bits per heavy atom. The fourth-order valence-corrected chi connectivity index (χ4v) is 2.16. The molecule has 2 rings (SSSR count). The van der Waals surface area contributed by atoms with Gasteiger partial charge in [-0.2, -0.15) is 0 Å². The molecular formula is C14H17NO3. The van der Waals surface area contributed by atoms with E-state index in [4.69, 9.17) is 9.84 Å². The van der Waals surface area contributed by atoms with Gasteiger partial charge in [0.25, 0.3) is 0 Å². The Morgan fingerprint density at radius 2 is 2.22 bits per heavy atom. The molecule has 1 N–H and O–H groups in total. The predicted molar refractivity (Wildman–Crippen MR) is 70.0 cm³/mol. The molecule has 1 heterocycles. The van der Waals surface area contributed by atoms with Gasteiger partial charge in [-0.15, -0.1) is 0 Å². The number of carboxylic acid groups (broad SMARTS) is 1. The van der Waals surface area contributed by atoms with Crippen molar-refractivity contribution in [3.63, 3.8) is 0 Å². The second-order valence-electron chi connectivity index (χ2n) is 4.59. The van der Waals surface area contributed by atoms with Crippen LogP contribution in [-0.2, 0) is 18.3 Å². The van der Waals surface area contributed by atoms with Crippen LogP contribution in [0.4, 0.5) is 0 Å². The third-order valence-corrected chi connectivity index (χ3v) is 3.23. The van der Waals surface area contributed by atoms with Crippen molar-refractivity contribution in [1.29, 1.82) is 0 Å². The van der Waals surface area contributed by atoms with Crippen LogP contribution in [0.15, 0.2) is 24.4 Å². The van der Waals surface area contributed by atoms with Crippen LogP contribution >= 0.6 is 0 Å². The number of aliphatic carboxylic acids is 1. The first-order valence-corrected chi connectivity index (χ1v) is 5.87. The summed E-state index contributed by atoms with van der Waals surface area (Å²) in [5.41, 5.74) is 2.13. The molecule has 0 aliphatic carbocycles. The van der Waals surface area contributed by atoms with E-state index in [1.165, 1.54) is 0 Å². The van der Waals surface area contributed by atoms with Crippen molar-refractivity contribution in [3.05, 3.63) is 30.0 Å². The number of hydrogen-bond donors (Lipinski definition) is 1. The quantitative estimate of drug-likeness (QED) is 0.902. The Balaban J connectivity index is 2.46. The highest BCUT2D eigenvalue weighted by atomic mass is 16.5. The lowest BCUT2D eigenvalue weighted by molar-refractivity contribution is -0.141. The van der Waals surface area contributed by atoms with Crippen LogP contribution < -0.4 is 4.74 Å². The van der Waals surface area contributed by atoms with Crippen molar-refractivity contribution in [1.82, 2.24) is 4.57 Å².